The van der Waals surface area contributed by atoms with Gasteiger partial charge in [0.2, 0.25) is 11.9 Å². The van der Waals surface area contributed by atoms with E-state index >= 15 is 0 Å². The number of imidazole rings is 1. The van der Waals surface area contributed by atoms with E-state index in [2.05, 4.69) is 15.3 Å². The lowest BCUT2D eigenvalue weighted by molar-refractivity contribution is -0.192. The maximum Gasteiger partial charge on any atom is 0.490 e. The van der Waals surface area contributed by atoms with Crippen molar-refractivity contribution in [1.82, 2.24) is 14.5 Å². The molecule has 9 nitrogen and oxygen atoms in total. The van der Waals surface area contributed by atoms with Crippen LogP contribution in [0, 0.1) is 0 Å². The van der Waals surface area contributed by atoms with Crippen molar-refractivity contribution < 1.29 is 32.6 Å². The van der Waals surface area contributed by atoms with Gasteiger partial charge in [0.15, 0.2) is 0 Å². The predicted octanol–water partition coefficient (Wildman–Crippen LogP) is 2.31. The van der Waals surface area contributed by atoms with E-state index in [0.717, 1.165) is 10.5 Å². The first-order valence-electron chi connectivity index (χ1n) is 8.29. The minimum Gasteiger partial charge on any atom is -0.494 e. The number of nitrogens with one attached hydrogen (secondary N) is 1. The summed E-state index contributed by atoms with van der Waals surface area (Å²) in [5.41, 5.74) is 7.84. The summed E-state index contributed by atoms with van der Waals surface area (Å²) in [4.78, 5) is 29.8. The van der Waals surface area contributed by atoms with Crippen molar-refractivity contribution in [3.8, 4) is 5.75 Å². The van der Waals surface area contributed by atoms with Gasteiger partial charge in [0, 0.05) is 19.0 Å². The van der Waals surface area contributed by atoms with Crippen LogP contribution in [0.25, 0.3) is 11.0 Å². The van der Waals surface area contributed by atoms with E-state index in [4.69, 9.17) is 20.4 Å². The maximum absolute atomic E-state index is 12.2. The first-order chi connectivity index (χ1) is 14.1. The lowest BCUT2D eigenvalue weighted by Gasteiger charge is -2.04. The van der Waals surface area contributed by atoms with Gasteiger partial charge in [0.1, 0.15) is 16.3 Å². The molecule has 0 aliphatic heterocycles. The van der Waals surface area contributed by atoms with Crippen molar-refractivity contribution in [2.45, 2.75) is 19.1 Å². The van der Waals surface area contributed by atoms with Crippen LogP contribution in [0.4, 0.5) is 19.1 Å². The summed E-state index contributed by atoms with van der Waals surface area (Å²) in [5, 5.41) is 12.6. The van der Waals surface area contributed by atoms with E-state index in [-0.39, 0.29) is 12.3 Å². The third-order valence-electron chi connectivity index (χ3n) is 3.70. The van der Waals surface area contributed by atoms with E-state index in [9.17, 15) is 18.0 Å². The Hall–Kier alpha value is -3.19. The molecule has 162 valence electrons. The molecule has 3 aromatic rings. The van der Waals surface area contributed by atoms with Crippen molar-refractivity contribution in [1.29, 1.82) is 0 Å². The van der Waals surface area contributed by atoms with Crippen LogP contribution in [0.2, 0.25) is 0 Å². The molecule has 3 rings (SSSR count). The van der Waals surface area contributed by atoms with Gasteiger partial charge in [-0.2, -0.15) is 13.2 Å². The Kier molecular flexibility index (Phi) is 7.34. The van der Waals surface area contributed by atoms with Gasteiger partial charge < -0.3 is 20.1 Å². The largest absolute Gasteiger partial charge is 0.494 e. The molecule has 0 bridgehead atoms. The molecule has 0 atom stereocenters. The van der Waals surface area contributed by atoms with Gasteiger partial charge in [0.25, 0.3) is 0 Å². The number of aryl methyl sites for hydroxylation is 1. The first-order valence-corrected chi connectivity index (χ1v) is 9.17. The number of thiazole rings is 1. The Morgan fingerprint density at radius 2 is 2.00 bits per heavy atom. The molecule has 2 heterocycles. The van der Waals surface area contributed by atoms with Crippen molar-refractivity contribution >= 4 is 40.2 Å². The zero-order valence-corrected chi connectivity index (χ0v) is 16.7. The van der Waals surface area contributed by atoms with Gasteiger partial charge in [-0.15, -0.1) is 11.3 Å². The number of amides is 1. The van der Waals surface area contributed by atoms with Crippen LogP contribution >= 0.6 is 11.3 Å². The zero-order valence-electron chi connectivity index (χ0n) is 15.9. The molecular weight excluding hydrogens is 427 g/mol. The highest BCUT2D eigenvalue weighted by Gasteiger charge is 2.38. The number of alkyl halides is 3. The van der Waals surface area contributed by atoms with E-state index < -0.39 is 12.1 Å². The number of nitrogens with zero attached hydrogens (tertiary/aromatic N) is 3. The summed E-state index contributed by atoms with van der Waals surface area (Å²) in [7, 11) is 3.44. The van der Waals surface area contributed by atoms with Crippen LogP contribution in [0.15, 0.2) is 23.6 Å². The maximum atomic E-state index is 12.2. The van der Waals surface area contributed by atoms with Gasteiger partial charge in [-0.3, -0.25) is 10.1 Å². The average Bonchev–Trinajstić information content (AvgIpc) is 3.26. The number of halogens is 3. The fourth-order valence-corrected chi connectivity index (χ4v) is 3.00. The lowest BCUT2D eigenvalue weighted by atomic mass is 10.3. The second kappa shape index (κ2) is 9.54. The molecule has 0 aliphatic rings. The summed E-state index contributed by atoms with van der Waals surface area (Å²) in [6, 6.07) is 5.65. The van der Waals surface area contributed by atoms with Crippen LogP contribution in [0.5, 0.6) is 5.75 Å². The molecule has 4 N–H and O–H groups in total. The fraction of sp³-hybridized carbons (Fsp3) is 0.294. The first kappa shape index (κ1) is 23.1. The van der Waals surface area contributed by atoms with Crippen molar-refractivity contribution in [2.24, 2.45) is 12.8 Å². The Morgan fingerprint density at radius 3 is 2.53 bits per heavy atom. The number of methoxy groups -OCH3 is 1. The Balaban J connectivity index is 0.000000396. The fourth-order valence-electron chi connectivity index (χ4n) is 2.32. The summed E-state index contributed by atoms with van der Waals surface area (Å²) < 4.78 is 38.9. The van der Waals surface area contributed by atoms with Crippen molar-refractivity contribution in [3.05, 3.63) is 34.3 Å². The molecule has 0 fully saturated rings. The number of hydrogen-bond donors (Lipinski definition) is 3. The molecule has 1 aromatic carbocycles. The monoisotopic (exact) mass is 445 g/mol. The van der Waals surface area contributed by atoms with Crippen LogP contribution < -0.4 is 15.8 Å². The third kappa shape index (κ3) is 5.67. The number of para-hydroxylation sites is 1. The van der Waals surface area contributed by atoms with Gasteiger partial charge in [-0.1, -0.05) is 6.07 Å². The highest BCUT2D eigenvalue weighted by Crippen LogP contribution is 2.26. The summed E-state index contributed by atoms with van der Waals surface area (Å²) in [5.74, 6) is -1.78. The Labute approximate surface area is 172 Å². The van der Waals surface area contributed by atoms with E-state index in [1.54, 1.807) is 7.11 Å². The van der Waals surface area contributed by atoms with Gasteiger partial charge in [0.05, 0.1) is 24.7 Å². The van der Waals surface area contributed by atoms with Crippen molar-refractivity contribution in [3.63, 3.8) is 0 Å². The summed E-state index contributed by atoms with van der Waals surface area (Å²) in [6.07, 6.45) is -4.89. The molecule has 0 spiro atoms. The van der Waals surface area contributed by atoms with Crippen LogP contribution in [-0.2, 0) is 29.6 Å². The zero-order chi connectivity index (χ0) is 22.5. The molecule has 2 aromatic heterocycles. The molecule has 30 heavy (non-hydrogen) atoms. The minimum absolute atomic E-state index is 0.170. The molecule has 0 radical (unpaired) electrons. The Morgan fingerprint density at radius 1 is 1.33 bits per heavy atom. The number of fused-ring (bicyclic) bond motifs is 1. The number of ether oxygens (including phenoxy) is 1. The summed E-state index contributed by atoms with van der Waals surface area (Å²) >= 11 is 1.46. The molecule has 0 saturated heterocycles. The number of rotatable bonds is 5. The van der Waals surface area contributed by atoms with Crippen LogP contribution in [0.1, 0.15) is 10.7 Å². The molecule has 0 aliphatic carbocycles. The number of carbonyl (C=O) groups excluding carboxylic acids is 1. The van der Waals surface area contributed by atoms with Crippen LogP contribution in [0.3, 0.4) is 0 Å². The molecule has 0 saturated carbocycles. The number of carbonyl (C=O) groups is 2. The minimum atomic E-state index is -5.08. The van der Waals surface area contributed by atoms with Crippen molar-refractivity contribution in [2.75, 3.05) is 12.4 Å². The number of hydrogen-bond acceptors (Lipinski definition) is 7. The lowest BCUT2D eigenvalue weighted by Crippen LogP contribution is -2.21. The highest BCUT2D eigenvalue weighted by molar-refractivity contribution is 7.09. The second-order valence-electron chi connectivity index (χ2n) is 5.79. The third-order valence-corrected chi connectivity index (χ3v) is 4.62. The molecule has 0 unspecified atom stereocenters. The summed E-state index contributed by atoms with van der Waals surface area (Å²) in [6.45, 7) is 0.386. The van der Waals surface area contributed by atoms with Crippen LogP contribution in [-0.4, -0.2) is 44.8 Å². The smallest absolute Gasteiger partial charge is 0.490 e. The quantitative estimate of drug-likeness (QED) is 0.549. The van der Waals surface area contributed by atoms with E-state index in [0.29, 0.717) is 29.5 Å². The number of anilines is 1. The number of benzene rings is 1. The number of carboxylic acids is 1. The number of aromatic nitrogens is 3. The van der Waals surface area contributed by atoms with Gasteiger partial charge in [-0.05, 0) is 12.1 Å². The topological polar surface area (TPSA) is 132 Å². The van der Waals surface area contributed by atoms with E-state index in [1.165, 1.54) is 11.3 Å². The molecular formula is C17H18F3N5O4S. The molecule has 13 heteroatoms. The average molecular weight is 445 g/mol. The SMILES string of the molecule is COc1cccc2c1nc(NC(=O)Cc1csc(CN)n1)n2C.O=C(O)C(F)(F)F. The predicted molar refractivity (Wildman–Crippen MR) is 103 cm³/mol. The number of nitrogens with two attached hydrogens (primary N) is 1. The normalized spacial score (nSPS) is 11.0. The highest BCUT2D eigenvalue weighted by atomic mass is 32.1. The van der Waals surface area contributed by atoms with Gasteiger partial charge in [-0.25, -0.2) is 14.8 Å². The van der Waals surface area contributed by atoms with E-state index in [1.807, 2.05) is 35.2 Å². The molecule has 1 amide bonds. The standard InChI is InChI=1S/C15H17N5O2S.C2HF3O2/c1-20-10-4-3-5-11(22-2)14(10)19-15(20)18-12(21)6-9-8-23-13(7-16)17-9;3-2(4,5)1(6)7/h3-5,8H,6-7,16H2,1-2H3,(H,18,19,21);(H,6,7). The second-order valence-corrected chi connectivity index (χ2v) is 6.73. The number of carboxylic acid groups (broad SMARTS) is 1. The Bertz CT molecular complexity index is 1050. The number of aliphatic carboxylic acids is 1. The van der Waals surface area contributed by atoms with Gasteiger partial charge >= 0.3 is 12.1 Å².